The number of hydrogen-bond acceptors (Lipinski definition) is 4. The quantitative estimate of drug-likeness (QED) is 0.224. The van der Waals surface area contributed by atoms with Crippen LogP contribution in [0.4, 0.5) is 10.1 Å². The molecule has 4 aromatic carbocycles. The lowest BCUT2D eigenvalue weighted by Crippen LogP contribution is -2.31. The Morgan fingerprint density at radius 2 is 1.62 bits per heavy atom. The minimum atomic E-state index is -3.91. The molecular weight excluding hydrogens is 513 g/mol. The summed E-state index contributed by atoms with van der Waals surface area (Å²) >= 11 is 6.30. The molecule has 0 saturated heterocycles. The molecular formula is C28H23ClFN3O3S. The molecule has 0 aromatic heterocycles. The Bertz CT molecular complexity index is 1540. The van der Waals surface area contributed by atoms with Crippen molar-refractivity contribution in [2.24, 2.45) is 5.10 Å². The summed E-state index contributed by atoms with van der Waals surface area (Å²) < 4.78 is 42.2. The summed E-state index contributed by atoms with van der Waals surface area (Å²) in [6, 6.07) is 25.8. The average Bonchev–Trinajstić information content (AvgIpc) is 2.91. The highest BCUT2D eigenvalue weighted by Crippen LogP contribution is 2.32. The molecule has 0 bridgehead atoms. The van der Waals surface area contributed by atoms with Gasteiger partial charge in [-0.05, 0) is 60.5 Å². The molecule has 4 aromatic rings. The molecule has 0 fully saturated rings. The van der Waals surface area contributed by atoms with Crippen LogP contribution in [0.2, 0.25) is 5.02 Å². The van der Waals surface area contributed by atoms with Crippen molar-refractivity contribution < 1.29 is 17.6 Å². The minimum absolute atomic E-state index is 0.0196. The highest BCUT2D eigenvalue weighted by atomic mass is 35.5. The molecule has 0 radical (unpaired) electrons. The van der Waals surface area contributed by atoms with E-state index in [0.29, 0.717) is 27.4 Å². The maximum Gasteiger partial charge on any atom is 0.271 e. The van der Waals surface area contributed by atoms with Crippen molar-refractivity contribution in [2.75, 3.05) is 4.31 Å². The number of carbonyl (C=O) groups excluding carboxylic acids is 1. The number of halogens is 2. The van der Waals surface area contributed by atoms with E-state index in [-0.39, 0.29) is 17.0 Å². The standard InChI is InChI=1S/C28H23ClFN3O3S/c1-20-25(29)11-7-13-27(20)33(37(35,36)24-9-3-2-4-10-24)19-21-14-16-22(17-15-21)28(34)32-31-18-23-8-5-6-12-26(23)30/h2-18H,19H2,1H3,(H,32,34)/b31-18-. The first kappa shape index (κ1) is 26.1. The fraction of sp³-hybridized carbons (Fsp3) is 0.0714. The lowest BCUT2D eigenvalue weighted by Gasteiger charge is -2.26. The van der Waals surface area contributed by atoms with Gasteiger partial charge in [-0.1, -0.05) is 66.2 Å². The Kier molecular flexibility index (Phi) is 8.01. The molecule has 188 valence electrons. The number of rotatable bonds is 8. The summed E-state index contributed by atoms with van der Waals surface area (Å²) in [5.41, 5.74) is 4.67. The Hall–Kier alpha value is -4.01. The van der Waals surface area contributed by atoms with Gasteiger partial charge in [-0.3, -0.25) is 9.10 Å². The number of benzene rings is 4. The average molecular weight is 536 g/mol. The molecule has 0 heterocycles. The lowest BCUT2D eigenvalue weighted by atomic mass is 10.1. The van der Waals surface area contributed by atoms with E-state index in [1.807, 2.05) is 0 Å². The van der Waals surface area contributed by atoms with Gasteiger partial charge in [0.15, 0.2) is 0 Å². The first-order chi connectivity index (χ1) is 17.8. The normalized spacial score (nSPS) is 11.4. The topological polar surface area (TPSA) is 78.8 Å². The van der Waals surface area contributed by atoms with Gasteiger partial charge in [0.1, 0.15) is 5.82 Å². The van der Waals surface area contributed by atoms with Crippen molar-refractivity contribution >= 4 is 39.4 Å². The molecule has 6 nitrogen and oxygen atoms in total. The van der Waals surface area contributed by atoms with Crippen LogP contribution in [0.15, 0.2) is 107 Å². The van der Waals surface area contributed by atoms with Crippen molar-refractivity contribution in [3.8, 4) is 0 Å². The van der Waals surface area contributed by atoms with Gasteiger partial charge >= 0.3 is 0 Å². The second-order valence-electron chi connectivity index (χ2n) is 8.13. The third-order valence-electron chi connectivity index (χ3n) is 5.66. The van der Waals surface area contributed by atoms with Crippen molar-refractivity contribution in [1.29, 1.82) is 0 Å². The monoisotopic (exact) mass is 535 g/mol. The van der Waals surface area contributed by atoms with E-state index >= 15 is 0 Å². The predicted molar refractivity (Wildman–Crippen MR) is 144 cm³/mol. The molecule has 0 aliphatic carbocycles. The van der Waals surface area contributed by atoms with Crippen LogP contribution in [0, 0.1) is 12.7 Å². The summed E-state index contributed by atoms with van der Waals surface area (Å²) in [5.74, 6) is -0.937. The van der Waals surface area contributed by atoms with Crippen molar-refractivity contribution in [3.63, 3.8) is 0 Å². The molecule has 0 aliphatic heterocycles. The van der Waals surface area contributed by atoms with Crippen molar-refractivity contribution in [3.05, 3.63) is 130 Å². The molecule has 37 heavy (non-hydrogen) atoms. The first-order valence-corrected chi connectivity index (χ1v) is 13.1. The highest BCUT2D eigenvalue weighted by Gasteiger charge is 2.27. The van der Waals surface area contributed by atoms with Crippen LogP contribution in [0.5, 0.6) is 0 Å². The zero-order valence-electron chi connectivity index (χ0n) is 19.8. The predicted octanol–water partition coefficient (Wildman–Crippen LogP) is 5.95. The number of sulfonamides is 1. The number of amides is 1. The Morgan fingerprint density at radius 3 is 2.32 bits per heavy atom. The van der Waals surface area contributed by atoms with Crippen LogP contribution in [-0.2, 0) is 16.6 Å². The van der Waals surface area contributed by atoms with Crippen molar-refractivity contribution in [1.82, 2.24) is 5.43 Å². The van der Waals surface area contributed by atoms with Gasteiger partial charge < -0.3 is 0 Å². The molecule has 4 rings (SSSR count). The SMILES string of the molecule is Cc1c(Cl)cccc1N(Cc1ccc(C(=O)N/N=C\c2ccccc2F)cc1)S(=O)(=O)c1ccccc1. The van der Waals surface area contributed by atoms with E-state index in [2.05, 4.69) is 10.5 Å². The Morgan fingerprint density at radius 1 is 0.946 bits per heavy atom. The Labute approximate surface area is 220 Å². The van der Waals surface area contributed by atoms with Crippen LogP contribution in [0.1, 0.15) is 27.0 Å². The largest absolute Gasteiger partial charge is 0.271 e. The van der Waals surface area contributed by atoms with E-state index in [0.717, 1.165) is 0 Å². The number of anilines is 1. The molecule has 9 heteroatoms. The molecule has 0 aliphatic rings. The highest BCUT2D eigenvalue weighted by molar-refractivity contribution is 7.92. The van der Waals surface area contributed by atoms with Crippen LogP contribution < -0.4 is 9.73 Å². The number of hydrazone groups is 1. The van der Waals surface area contributed by atoms with Crippen LogP contribution >= 0.6 is 11.6 Å². The second-order valence-corrected chi connectivity index (χ2v) is 10.4. The summed E-state index contributed by atoms with van der Waals surface area (Å²) in [6.07, 6.45) is 1.22. The zero-order valence-corrected chi connectivity index (χ0v) is 21.4. The lowest BCUT2D eigenvalue weighted by molar-refractivity contribution is 0.0955. The van der Waals surface area contributed by atoms with Gasteiger partial charge in [-0.2, -0.15) is 5.10 Å². The molecule has 0 unspecified atom stereocenters. The third kappa shape index (κ3) is 6.04. The van der Waals surface area contributed by atoms with Gasteiger partial charge in [0.2, 0.25) is 0 Å². The second kappa shape index (κ2) is 11.4. The summed E-state index contributed by atoms with van der Waals surface area (Å²) in [4.78, 5) is 12.6. The Balaban J connectivity index is 1.57. The fourth-order valence-electron chi connectivity index (χ4n) is 3.62. The molecule has 1 N–H and O–H groups in total. The molecule has 0 atom stereocenters. The fourth-order valence-corrected chi connectivity index (χ4v) is 5.32. The van der Waals surface area contributed by atoms with Crippen LogP contribution in [0.25, 0.3) is 0 Å². The zero-order chi connectivity index (χ0) is 26.4. The van der Waals surface area contributed by atoms with E-state index in [1.165, 1.54) is 34.8 Å². The van der Waals surface area contributed by atoms with Gasteiger partial charge in [0.25, 0.3) is 15.9 Å². The van der Waals surface area contributed by atoms with E-state index in [4.69, 9.17) is 11.6 Å². The molecule has 1 amide bonds. The maximum atomic E-state index is 13.7. The van der Waals surface area contributed by atoms with E-state index in [9.17, 15) is 17.6 Å². The molecule has 0 saturated carbocycles. The van der Waals surface area contributed by atoms with Gasteiger partial charge in [-0.15, -0.1) is 0 Å². The van der Waals surface area contributed by atoms with Crippen LogP contribution in [-0.4, -0.2) is 20.5 Å². The third-order valence-corrected chi connectivity index (χ3v) is 7.84. The summed E-state index contributed by atoms with van der Waals surface area (Å²) in [6.45, 7) is 1.78. The van der Waals surface area contributed by atoms with Crippen LogP contribution in [0.3, 0.4) is 0 Å². The number of carbonyl (C=O) groups is 1. The first-order valence-electron chi connectivity index (χ1n) is 11.3. The van der Waals surface area contributed by atoms with Crippen molar-refractivity contribution in [2.45, 2.75) is 18.4 Å². The number of hydrogen-bond donors (Lipinski definition) is 1. The number of nitrogens with one attached hydrogen (secondary N) is 1. The van der Waals surface area contributed by atoms with Gasteiger partial charge in [0.05, 0.1) is 23.3 Å². The summed E-state index contributed by atoms with van der Waals surface area (Å²) in [7, 11) is -3.91. The van der Waals surface area contributed by atoms with Gasteiger partial charge in [-0.25, -0.2) is 18.2 Å². The van der Waals surface area contributed by atoms with Gasteiger partial charge in [0, 0.05) is 16.1 Å². The minimum Gasteiger partial charge on any atom is -0.267 e. The molecule has 0 spiro atoms. The smallest absolute Gasteiger partial charge is 0.267 e. The van der Waals surface area contributed by atoms with E-state index < -0.39 is 21.7 Å². The summed E-state index contributed by atoms with van der Waals surface area (Å²) in [5, 5.41) is 4.26. The van der Waals surface area contributed by atoms with E-state index in [1.54, 1.807) is 79.7 Å². The number of nitrogens with zero attached hydrogens (tertiary/aromatic N) is 2. The maximum absolute atomic E-state index is 13.7.